The summed E-state index contributed by atoms with van der Waals surface area (Å²) in [6.07, 6.45) is 5.64. The Balaban J connectivity index is 0.00000626. The van der Waals surface area contributed by atoms with Crippen LogP contribution in [-0.4, -0.2) is 19.2 Å². The molecule has 0 amide bonds. The van der Waals surface area contributed by atoms with Gasteiger partial charge in [0.25, 0.3) is 6.33 Å². The standard InChI is InChI=1S/C67H59N5O.Pt/c1-65(2,3)49-35-36-68-62(41-49)72-60-34-31-48(45-21-13-10-14-22-45)37-59(60)58-33-32-55(43-61(58)72)73-54-28-19-27-52(42-54)70-44-71(53-39-50(66(4,5)6)38-51(40-53)67(7,8)9)69-64(70)63-56(46-23-15-11-16-24-46)29-20-30-57(63)47-25-17-12-18-26-47;/h10-41H,1-9H3;/q-2;. The minimum atomic E-state index is -0.103. The SMILES string of the molecule is CC(C)(C)c1cc(-[n+]2[c-]n(-c3[c-]c(Oc4[c-]c5c(cc4)c4cc(-c6ccccc6)ccc4n5-c4cc(C(C)(C)C)ccn4)ccc3)c(-c3c(-c4ccccc4)cccc3-c3ccccc3)n2)cc(C(C)(C)C)c1.[Pt]. The third-order valence-electron chi connectivity index (χ3n) is 13.8. The summed E-state index contributed by atoms with van der Waals surface area (Å²) < 4.78 is 13.0. The van der Waals surface area contributed by atoms with E-state index in [0.717, 1.165) is 77.9 Å². The first-order chi connectivity index (χ1) is 35.1. The number of hydrogen-bond acceptors (Lipinski definition) is 3. The Kier molecular flexibility index (Phi) is 13.2. The van der Waals surface area contributed by atoms with Gasteiger partial charge in [0.15, 0.2) is 5.82 Å². The number of pyridine rings is 1. The number of fused-ring (bicyclic) bond motifs is 3. The average Bonchev–Trinajstić information content (AvgIpc) is 3.98. The van der Waals surface area contributed by atoms with Crippen molar-refractivity contribution in [3.8, 4) is 73.5 Å². The quantitative estimate of drug-likeness (QED) is 0.107. The van der Waals surface area contributed by atoms with Crippen LogP contribution in [0.3, 0.4) is 0 Å². The molecular weight excluding hydrogens is 1090 g/mol. The molecule has 0 fully saturated rings. The van der Waals surface area contributed by atoms with Crippen LogP contribution in [0.4, 0.5) is 0 Å². The van der Waals surface area contributed by atoms with Crippen LogP contribution in [0.1, 0.15) is 79.0 Å². The van der Waals surface area contributed by atoms with E-state index in [1.165, 1.54) is 16.7 Å². The van der Waals surface area contributed by atoms with Crippen molar-refractivity contribution in [2.24, 2.45) is 0 Å². The summed E-state index contributed by atoms with van der Waals surface area (Å²) in [7, 11) is 0. The summed E-state index contributed by atoms with van der Waals surface area (Å²) in [6.45, 7) is 20.3. The van der Waals surface area contributed by atoms with Crippen molar-refractivity contribution in [3.63, 3.8) is 0 Å². The van der Waals surface area contributed by atoms with Gasteiger partial charge in [-0.3, -0.25) is 0 Å². The van der Waals surface area contributed by atoms with E-state index in [2.05, 4.69) is 249 Å². The van der Waals surface area contributed by atoms with Gasteiger partial charge in [-0.05, 0) is 89.9 Å². The van der Waals surface area contributed by atoms with Crippen molar-refractivity contribution in [2.75, 3.05) is 0 Å². The molecule has 0 aliphatic carbocycles. The summed E-state index contributed by atoms with van der Waals surface area (Å²) in [5.74, 6) is 2.62. The smallest absolute Gasteiger partial charge is 0.272 e. The number of nitrogens with zero attached hydrogens (tertiary/aromatic N) is 5. The Morgan fingerprint density at radius 2 is 1.07 bits per heavy atom. The second-order valence-corrected chi connectivity index (χ2v) is 22.1. The Morgan fingerprint density at radius 1 is 0.486 bits per heavy atom. The molecule has 0 aliphatic rings. The molecule has 3 aromatic heterocycles. The molecule has 0 N–H and O–H groups in total. The number of benzene rings is 8. The molecule has 0 saturated heterocycles. The summed E-state index contributed by atoms with van der Waals surface area (Å²) in [6, 6.07) is 73.4. The molecular formula is C67H59N5OPt-2. The molecule has 3 heterocycles. The second-order valence-electron chi connectivity index (χ2n) is 22.1. The van der Waals surface area contributed by atoms with E-state index in [-0.39, 0.29) is 37.3 Å². The van der Waals surface area contributed by atoms with Crippen molar-refractivity contribution in [2.45, 2.75) is 78.6 Å². The number of hydrogen-bond donors (Lipinski definition) is 0. The molecule has 11 rings (SSSR count). The topological polar surface area (TPSA) is 48.8 Å². The minimum absolute atomic E-state index is 0. The molecule has 6 nitrogen and oxygen atoms in total. The molecule has 0 bridgehead atoms. The van der Waals surface area contributed by atoms with Gasteiger partial charge in [0.1, 0.15) is 5.82 Å². The summed E-state index contributed by atoms with van der Waals surface area (Å²) >= 11 is 0. The van der Waals surface area contributed by atoms with Crippen LogP contribution in [0.15, 0.2) is 194 Å². The van der Waals surface area contributed by atoms with Crippen LogP contribution in [-0.2, 0) is 37.3 Å². The van der Waals surface area contributed by atoms with Gasteiger partial charge in [0, 0.05) is 49.8 Å². The molecule has 0 unspecified atom stereocenters. The van der Waals surface area contributed by atoms with Crippen LogP contribution >= 0.6 is 0 Å². The fraction of sp³-hybridized carbons (Fsp3) is 0.179. The summed E-state index contributed by atoms with van der Waals surface area (Å²) in [4.78, 5) is 4.96. The molecule has 0 aliphatic heterocycles. The van der Waals surface area contributed by atoms with E-state index < -0.39 is 0 Å². The Labute approximate surface area is 450 Å². The van der Waals surface area contributed by atoms with Crippen molar-refractivity contribution in [1.29, 1.82) is 0 Å². The van der Waals surface area contributed by atoms with Crippen LogP contribution < -0.4 is 9.42 Å². The Morgan fingerprint density at radius 3 is 1.68 bits per heavy atom. The minimum Gasteiger partial charge on any atom is -0.510 e. The Bertz CT molecular complexity index is 3730. The van der Waals surface area contributed by atoms with Crippen LogP contribution in [0.25, 0.3) is 83.8 Å². The van der Waals surface area contributed by atoms with Gasteiger partial charge < -0.3 is 13.9 Å². The third kappa shape index (κ3) is 9.79. The van der Waals surface area contributed by atoms with Gasteiger partial charge in [0.05, 0.1) is 5.69 Å². The molecule has 74 heavy (non-hydrogen) atoms. The van der Waals surface area contributed by atoms with E-state index in [4.69, 9.17) is 14.8 Å². The van der Waals surface area contributed by atoms with Crippen LogP contribution in [0.5, 0.6) is 11.5 Å². The van der Waals surface area contributed by atoms with E-state index in [0.29, 0.717) is 17.3 Å². The number of rotatable bonds is 9. The molecule has 0 saturated carbocycles. The second kappa shape index (κ2) is 19.6. The molecule has 11 aromatic rings. The fourth-order valence-corrected chi connectivity index (χ4v) is 9.64. The maximum Gasteiger partial charge on any atom is 0.272 e. The maximum absolute atomic E-state index is 6.84. The molecule has 370 valence electrons. The number of aromatic nitrogens is 5. The van der Waals surface area contributed by atoms with E-state index in [1.54, 1.807) is 0 Å². The van der Waals surface area contributed by atoms with Crippen molar-refractivity contribution >= 4 is 21.8 Å². The molecule has 0 atom stereocenters. The monoisotopic (exact) mass is 1140 g/mol. The zero-order valence-electron chi connectivity index (χ0n) is 43.4. The fourth-order valence-electron chi connectivity index (χ4n) is 9.64. The van der Waals surface area contributed by atoms with Gasteiger partial charge in [-0.2, -0.15) is 22.9 Å². The van der Waals surface area contributed by atoms with Crippen LogP contribution in [0.2, 0.25) is 0 Å². The zero-order valence-corrected chi connectivity index (χ0v) is 45.7. The van der Waals surface area contributed by atoms with E-state index in [1.807, 2.05) is 39.7 Å². The molecule has 7 heteroatoms. The van der Waals surface area contributed by atoms with Gasteiger partial charge >= 0.3 is 0 Å². The average molecular weight is 1150 g/mol. The third-order valence-corrected chi connectivity index (χ3v) is 13.8. The van der Waals surface area contributed by atoms with Gasteiger partial charge in [-0.1, -0.05) is 213 Å². The number of ether oxygens (including phenoxy) is 1. The first kappa shape index (κ1) is 49.9. The normalized spacial score (nSPS) is 12.0. The van der Waals surface area contributed by atoms with Crippen molar-refractivity contribution < 1.29 is 30.5 Å². The van der Waals surface area contributed by atoms with Gasteiger partial charge in [0.2, 0.25) is 0 Å². The van der Waals surface area contributed by atoms with Gasteiger partial charge in [-0.15, -0.1) is 34.8 Å². The maximum atomic E-state index is 6.84. The largest absolute Gasteiger partial charge is 0.510 e. The van der Waals surface area contributed by atoms with E-state index >= 15 is 0 Å². The van der Waals surface area contributed by atoms with Crippen molar-refractivity contribution in [3.05, 3.63) is 229 Å². The van der Waals surface area contributed by atoms with Crippen LogP contribution in [0, 0.1) is 18.5 Å². The summed E-state index contributed by atoms with van der Waals surface area (Å²) in [5.41, 5.74) is 14.5. The predicted molar refractivity (Wildman–Crippen MR) is 298 cm³/mol. The molecule has 0 radical (unpaired) electrons. The molecule has 0 spiro atoms. The predicted octanol–water partition coefficient (Wildman–Crippen LogP) is 16.4. The van der Waals surface area contributed by atoms with Crippen molar-refractivity contribution in [1.82, 2.24) is 19.2 Å². The van der Waals surface area contributed by atoms with E-state index in [9.17, 15) is 0 Å². The Hall–Kier alpha value is -7.66. The molecule has 8 aromatic carbocycles. The first-order valence-electron chi connectivity index (χ1n) is 25.2. The zero-order chi connectivity index (χ0) is 50.6. The first-order valence-corrected chi connectivity index (χ1v) is 25.2. The summed E-state index contributed by atoms with van der Waals surface area (Å²) in [5, 5.41) is 7.71. The van der Waals surface area contributed by atoms with Gasteiger partial charge in [-0.25, -0.2) is 4.98 Å².